The summed E-state index contributed by atoms with van der Waals surface area (Å²) in [6, 6.07) is 5.40. The van der Waals surface area contributed by atoms with Crippen molar-refractivity contribution in [1.82, 2.24) is 34.9 Å². The molecule has 16 nitrogen and oxygen atoms in total. The molecule has 9 aliphatic rings. The van der Waals surface area contributed by atoms with Gasteiger partial charge < -0.3 is 30.1 Å². The van der Waals surface area contributed by atoms with Gasteiger partial charge in [0, 0.05) is 71.2 Å². The van der Waals surface area contributed by atoms with Crippen LogP contribution >= 0.6 is 0 Å². The Kier molecular flexibility index (Phi) is 10.4. The van der Waals surface area contributed by atoms with Crippen LogP contribution in [-0.4, -0.2) is 124 Å². The highest BCUT2D eigenvalue weighted by Gasteiger charge is 2.66. The maximum absolute atomic E-state index is 14.3. The monoisotopic (exact) mass is 890 g/mol. The number of fused-ring (bicyclic) bond motifs is 2. The Bertz CT molecular complexity index is 2650. The Morgan fingerprint density at radius 1 is 1.06 bits per heavy atom. The number of morpholine rings is 1. The second-order valence-electron chi connectivity index (χ2n) is 20.3. The van der Waals surface area contributed by atoms with E-state index in [1.807, 2.05) is 44.6 Å². The van der Waals surface area contributed by atoms with E-state index in [0.29, 0.717) is 35.1 Å². The molecule has 2 unspecified atom stereocenters. The standard InChI is InChI=1S/C47H58N10O6S/c1-45(2)12-10-32(37(23-45)47-28-46(3,29-47)30-47)26-54-14-16-55(17-15-54)33-6-8-36(39(21-33)56-41-20-31-11-13-48-43(31)53(5)42(41)25-50-56)44(58)51-64(61,62)35-7-9-38(40(22-35)57(59)60)49-24-34-27-52(4)18-19-63-34/h6,8,11,13,20-22,25,34,43,48-49H,10,12,14-19,23-24,26-30H2,1-5H3,(H,51,58). The predicted octanol–water partition coefficient (Wildman–Crippen LogP) is 4.64. The van der Waals surface area contributed by atoms with E-state index >= 15 is 0 Å². The maximum Gasteiger partial charge on any atom is 0.303 e. The number of hydrogen-bond acceptors (Lipinski definition) is 13. The lowest BCUT2D eigenvalue weighted by Crippen LogP contribution is -2.61. The third-order valence-corrected chi connectivity index (χ3v) is 16.1. The Morgan fingerprint density at radius 2 is 1.84 bits per heavy atom. The van der Waals surface area contributed by atoms with Gasteiger partial charge in [-0.3, -0.25) is 19.8 Å². The molecule has 3 saturated carbocycles. The molecule has 2 bridgehead atoms. The maximum atomic E-state index is 14.3. The number of hydrogen-bond donors (Lipinski definition) is 3. The second kappa shape index (κ2) is 15.6. The van der Waals surface area contributed by atoms with Gasteiger partial charge in [0.05, 0.1) is 46.5 Å². The summed E-state index contributed by atoms with van der Waals surface area (Å²) < 4.78 is 37.3. The quantitative estimate of drug-likeness (QED) is 0.117. The van der Waals surface area contributed by atoms with Crippen molar-refractivity contribution in [3.63, 3.8) is 0 Å². The molecular weight excluding hydrogens is 833 g/mol. The van der Waals surface area contributed by atoms with Gasteiger partial charge in [0.15, 0.2) is 5.70 Å². The fraction of sp³-hybridized carbons (Fsp3) is 0.532. The lowest BCUT2D eigenvalue weighted by Gasteiger charge is -2.72. The summed E-state index contributed by atoms with van der Waals surface area (Å²) in [5.41, 5.74) is 13.4. The number of nitrogens with zero attached hydrogens (tertiary/aromatic N) is 7. The van der Waals surface area contributed by atoms with Crippen LogP contribution in [0.3, 0.4) is 0 Å². The van der Waals surface area contributed by atoms with Gasteiger partial charge in [-0.05, 0) is 115 Å². The molecule has 5 aliphatic carbocycles. The highest BCUT2D eigenvalue weighted by Crippen LogP contribution is 2.77. The Morgan fingerprint density at radius 3 is 2.58 bits per heavy atom. The SMILES string of the molecule is CN1CCOC(CNC2=C=C=C(S(=O)(=O)NC(=O)c3ccc(N4CCN(CC5=C(C67CC(C)(C6)C7)CC(C)(C)CC5)CC4)cc3-n3ncc4c3C=C3C=CNC3N4C)C=C2[N+](=O)[O-])C1. The summed E-state index contributed by atoms with van der Waals surface area (Å²) in [7, 11) is -0.718. The number of likely N-dealkylation sites (N-methyl/N-ethyl adjacent to an activating group) is 2. The molecule has 4 aliphatic heterocycles. The first-order valence-electron chi connectivity index (χ1n) is 22.5. The lowest BCUT2D eigenvalue weighted by atomic mass is 9.33. The Labute approximate surface area is 374 Å². The average molecular weight is 891 g/mol. The number of anilines is 2. The number of aromatic nitrogens is 2. The van der Waals surface area contributed by atoms with Gasteiger partial charge >= 0.3 is 5.70 Å². The third-order valence-electron chi connectivity index (χ3n) is 14.8. The van der Waals surface area contributed by atoms with Crippen LogP contribution in [0.15, 0.2) is 87.2 Å². The van der Waals surface area contributed by atoms with Gasteiger partial charge in [-0.25, -0.2) is 17.8 Å². The summed E-state index contributed by atoms with van der Waals surface area (Å²) >= 11 is 0. The minimum atomic E-state index is -4.65. The first-order valence-corrected chi connectivity index (χ1v) is 24.0. The average Bonchev–Trinajstić information content (AvgIpc) is 3.90. The van der Waals surface area contributed by atoms with E-state index in [1.165, 1.54) is 38.5 Å². The smallest absolute Gasteiger partial charge is 0.303 e. The van der Waals surface area contributed by atoms with E-state index in [-0.39, 0.29) is 30.1 Å². The summed E-state index contributed by atoms with van der Waals surface area (Å²) in [5.74, 6) is -0.915. The van der Waals surface area contributed by atoms with Crippen LogP contribution in [0.2, 0.25) is 0 Å². The molecule has 5 heterocycles. The van der Waals surface area contributed by atoms with Crippen LogP contribution in [0, 0.1) is 26.4 Å². The van der Waals surface area contributed by atoms with Crippen LogP contribution < -0.4 is 25.2 Å². The number of carbonyl (C=O) groups excluding carboxylic acids is 1. The highest BCUT2D eigenvalue weighted by atomic mass is 32.2. The van der Waals surface area contributed by atoms with Crippen molar-refractivity contribution >= 4 is 33.4 Å². The lowest BCUT2D eigenvalue weighted by molar-refractivity contribution is -0.421. The Hall–Kier alpha value is -5.41. The van der Waals surface area contributed by atoms with Crippen molar-refractivity contribution in [2.45, 2.75) is 71.6 Å². The van der Waals surface area contributed by atoms with Crippen molar-refractivity contribution < 1.29 is 22.9 Å². The molecule has 5 fully saturated rings. The minimum Gasteiger partial charge on any atom is -0.374 e. The number of rotatable bonds is 12. The summed E-state index contributed by atoms with van der Waals surface area (Å²) in [6.45, 7) is 13.9. The number of carbonyl (C=O) groups is 1. The van der Waals surface area contributed by atoms with E-state index in [0.717, 1.165) is 68.0 Å². The number of ether oxygens (including phenoxy) is 1. The number of benzene rings is 1. The van der Waals surface area contributed by atoms with E-state index in [1.54, 1.807) is 28.1 Å². The van der Waals surface area contributed by atoms with Crippen molar-refractivity contribution in [2.75, 3.05) is 82.9 Å². The van der Waals surface area contributed by atoms with Gasteiger partial charge in [0.1, 0.15) is 11.1 Å². The van der Waals surface area contributed by atoms with Crippen molar-refractivity contribution in [1.29, 1.82) is 0 Å². The zero-order chi connectivity index (χ0) is 44.8. The van der Waals surface area contributed by atoms with Crippen LogP contribution in [0.5, 0.6) is 0 Å². The van der Waals surface area contributed by atoms with E-state index < -0.39 is 31.5 Å². The van der Waals surface area contributed by atoms with Crippen LogP contribution in [0.25, 0.3) is 11.8 Å². The topological polar surface area (TPSA) is 170 Å². The molecule has 0 radical (unpaired) electrons. The molecular formula is C47H58N10O6S. The minimum absolute atomic E-state index is 0.0259. The van der Waals surface area contributed by atoms with Crippen LogP contribution in [0.1, 0.15) is 75.3 Å². The van der Waals surface area contributed by atoms with Crippen molar-refractivity contribution in [2.24, 2.45) is 16.2 Å². The fourth-order valence-corrected chi connectivity index (χ4v) is 12.5. The summed E-state index contributed by atoms with van der Waals surface area (Å²) in [5, 5.41) is 23.3. The molecule has 1 aromatic carbocycles. The van der Waals surface area contributed by atoms with Gasteiger partial charge in [0.25, 0.3) is 15.9 Å². The van der Waals surface area contributed by atoms with Crippen molar-refractivity contribution in [3.05, 3.63) is 109 Å². The molecule has 338 valence electrons. The Balaban J connectivity index is 0.913. The van der Waals surface area contributed by atoms with Gasteiger partial charge in [-0.15, -0.1) is 0 Å². The molecule has 2 aromatic rings. The number of amides is 1. The van der Waals surface area contributed by atoms with E-state index in [2.05, 4.69) is 67.2 Å². The molecule has 3 N–H and O–H groups in total. The summed E-state index contributed by atoms with van der Waals surface area (Å²) in [6.07, 6.45) is 16.0. The predicted molar refractivity (Wildman–Crippen MR) is 244 cm³/mol. The van der Waals surface area contributed by atoms with Gasteiger partial charge in [0.2, 0.25) is 0 Å². The van der Waals surface area contributed by atoms with Crippen molar-refractivity contribution in [3.8, 4) is 5.69 Å². The summed E-state index contributed by atoms with van der Waals surface area (Å²) in [4.78, 5) is 34.2. The highest BCUT2D eigenvalue weighted by molar-refractivity contribution is 7.94. The normalized spacial score (nSPS) is 28.5. The van der Waals surface area contributed by atoms with Gasteiger partial charge in [-0.1, -0.05) is 31.9 Å². The first kappa shape index (κ1) is 42.5. The fourth-order valence-electron chi connectivity index (χ4n) is 11.6. The zero-order valence-corrected chi connectivity index (χ0v) is 38.2. The van der Waals surface area contributed by atoms with Crippen LogP contribution in [0.4, 0.5) is 11.4 Å². The van der Waals surface area contributed by atoms with E-state index in [9.17, 15) is 23.3 Å². The number of nitro groups is 1. The first-order chi connectivity index (χ1) is 30.5. The largest absolute Gasteiger partial charge is 0.374 e. The third kappa shape index (κ3) is 7.71. The molecule has 1 aromatic heterocycles. The zero-order valence-electron chi connectivity index (χ0n) is 37.4. The second-order valence-corrected chi connectivity index (χ2v) is 22.0. The number of piperazine rings is 1. The molecule has 17 heteroatoms. The molecule has 64 heavy (non-hydrogen) atoms. The number of allylic oxidation sites excluding steroid dienone is 2. The number of nitrogens with one attached hydrogen (secondary N) is 3. The molecule has 1 amide bonds. The molecule has 11 rings (SSSR count). The van der Waals surface area contributed by atoms with Gasteiger partial charge in [-0.2, -0.15) is 5.10 Å². The molecule has 2 atom stereocenters. The van der Waals surface area contributed by atoms with Crippen LogP contribution in [-0.2, 0) is 14.8 Å². The van der Waals surface area contributed by atoms with E-state index in [4.69, 9.17) is 9.84 Å². The molecule has 2 saturated heterocycles. The molecule has 0 spiro atoms. The number of sulfonamides is 1.